The van der Waals surface area contributed by atoms with E-state index in [1.54, 1.807) is 29.2 Å². The van der Waals surface area contributed by atoms with Gasteiger partial charge in [-0.05, 0) is 49.9 Å². The fourth-order valence-electron chi connectivity index (χ4n) is 2.76. The smallest absolute Gasteiger partial charge is 0.254 e. The minimum absolute atomic E-state index is 0.00945. The van der Waals surface area contributed by atoms with Crippen LogP contribution in [0.2, 0.25) is 0 Å². The highest BCUT2D eigenvalue weighted by Gasteiger charge is 2.34. The first-order chi connectivity index (χ1) is 11.2. The molecular formula is C17H19N5O. The Hall–Kier alpha value is -2.68. The molecule has 1 fully saturated rings. The predicted octanol–water partition coefficient (Wildman–Crippen LogP) is 2.42. The first kappa shape index (κ1) is 15.2. The lowest BCUT2D eigenvalue weighted by molar-refractivity contribution is 0.0677. The van der Waals surface area contributed by atoms with Gasteiger partial charge in [-0.2, -0.15) is 5.26 Å². The number of hydrogen-bond acceptors (Lipinski definition) is 4. The lowest BCUT2D eigenvalue weighted by Crippen LogP contribution is -2.40. The molecule has 118 valence electrons. The van der Waals surface area contributed by atoms with Crippen molar-refractivity contribution in [1.29, 1.82) is 5.26 Å². The number of benzene rings is 1. The fraction of sp³-hybridized carbons (Fsp3) is 0.412. The third kappa shape index (κ3) is 3.39. The number of nitrogens with zero attached hydrogens (tertiary/aromatic N) is 5. The fourth-order valence-corrected chi connectivity index (χ4v) is 2.76. The van der Waals surface area contributed by atoms with Gasteiger partial charge in [0.15, 0.2) is 0 Å². The van der Waals surface area contributed by atoms with Gasteiger partial charge < -0.3 is 4.90 Å². The van der Waals surface area contributed by atoms with Crippen LogP contribution in [0.25, 0.3) is 5.69 Å². The second kappa shape index (κ2) is 6.61. The summed E-state index contributed by atoms with van der Waals surface area (Å²) in [6, 6.07) is 9.63. The summed E-state index contributed by atoms with van der Waals surface area (Å²) in [7, 11) is 0. The molecule has 1 atom stereocenters. The third-order valence-corrected chi connectivity index (χ3v) is 4.32. The molecule has 0 aliphatic heterocycles. The van der Waals surface area contributed by atoms with Crippen LogP contribution in [0.4, 0.5) is 0 Å². The van der Waals surface area contributed by atoms with E-state index in [9.17, 15) is 4.79 Å². The van der Waals surface area contributed by atoms with E-state index in [4.69, 9.17) is 5.26 Å². The molecule has 1 aliphatic rings. The lowest BCUT2D eigenvalue weighted by atomic mass is 10.1. The van der Waals surface area contributed by atoms with Crippen molar-refractivity contribution in [2.45, 2.75) is 32.2 Å². The number of aromatic nitrogens is 3. The molecule has 2 aromatic rings. The highest BCUT2D eigenvalue weighted by molar-refractivity contribution is 5.94. The van der Waals surface area contributed by atoms with E-state index >= 15 is 0 Å². The van der Waals surface area contributed by atoms with Crippen LogP contribution in [-0.2, 0) is 0 Å². The Bertz CT molecular complexity index is 698. The van der Waals surface area contributed by atoms with Crippen molar-refractivity contribution in [3.8, 4) is 11.8 Å². The SMILES string of the molecule is C[C@@H](C1CC1)N(CCC#N)C(=O)c1ccc(-n2ccnn2)cc1. The number of hydrogen-bond donors (Lipinski definition) is 0. The van der Waals surface area contributed by atoms with E-state index in [0.717, 1.165) is 5.69 Å². The Morgan fingerprint density at radius 3 is 2.74 bits per heavy atom. The largest absolute Gasteiger partial charge is 0.335 e. The van der Waals surface area contributed by atoms with E-state index in [1.807, 2.05) is 17.0 Å². The summed E-state index contributed by atoms with van der Waals surface area (Å²) in [4.78, 5) is 14.6. The molecule has 0 saturated heterocycles. The summed E-state index contributed by atoms with van der Waals surface area (Å²) in [6.07, 6.45) is 6.07. The first-order valence-corrected chi connectivity index (χ1v) is 7.85. The molecule has 0 radical (unpaired) electrons. The second-order valence-electron chi connectivity index (χ2n) is 5.88. The molecule has 1 aliphatic carbocycles. The summed E-state index contributed by atoms with van der Waals surface area (Å²) in [5.74, 6) is 0.567. The zero-order chi connectivity index (χ0) is 16.2. The molecule has 23 heavy (non-hydrogen) atoms. The van der Waals surface area contributed by atoms with Crippen molar-refractivity contribution in [2.75, 3.05) is 6.54 Å². The third-order valence-electron chi connectivity index (χ3n) is 4.32. The van der Waals surface area contributed by atoms with E-state index in [1.165, 1.54) is 12.8 Å². The van der Waals surface area contributed by atoms with Gasteiger partial charge in [-0.25, -0.2) is 4.68 Å². The minimum Gasteiger partial charge on any atom is -0.335 e. The average Bonchev–Trinajstić information content (AvgIpc) is 3.29. The zero-order valence-corrected chi connectivity index (χ0v) is 13.1. The van der Waals surface area contributed by atoms with Gasteiger partial charge in [0.25, 0.3) is 5.91 Å². The average molecular weight is 309 g/mol. The second-order valence-corrected chi connectivity index (χ2v) is 5.88. The van der Waals surface area contributed by atoms with Crippen LogP contribution in [0.15, 0.2) is 36.7 Å². The first-order valence-electron chi connectivity index (χ1n) is 7.85. The molecule has 1 aromatic carbocycles. The molecule has 0 spiro atoms. The Kier molecular flexibility index (Phi) is 4.38. The topological polar surface area (TPSA) is 74.8 Å². The Balaban J connectivity index is 1.77. The van der Waals surface area contributed by atoms with Gasteiger partial charge >= 0.3 is 0 Å². The minimum atomic E-state index is -0.00945. The summed E-state index contributed by atoms with van der Waals surface area (Å²) < 4.78 is 1.65. The molecule has 6 nitrogen and oxygen atoms in total. The van der Waals surface area contributed by atoms with Crippen molar-refractivity contribution >= 4 is 5.91 Å². The molecular weight excluding hydrogens is 290 g/mol. The molecule has 0 N–H and O–H groups in total. The van der Waals surface area contributed by atoms with E-state index in [0.29, 0.717) is 24.4 Å². The summed E-state index contributed by atoms with van der Waals surface area (Å²) in [5, 5.41) is 16.5. The highest BCUT2D eigenvalue weighted by Crippen LogP contribution is 2.35. The summed E-state index contributed by atoms with van der Waals surface area (Å²) in [5.41, 5.74) is 1.50. The number of nitriles is 1. The quantitative estimate of drug-likeness (QED) is 0.821. The maximum absolute atomic E-state index is 12.8. The number of amides is 1. The van der Waals surface area contributed by atoms with Gasteiger partial charge in [0.1, 0.15) is 0 Å². The standard InChI is InChI=1S/C17H19N5O/c1-13(14-3-4-14)21(11-2-9-18)17(23)15-5-7-16(8-6-15)22-12-10-19-20-22/h5-8,10,12-14H,2-4,11H2,1H3/t13-/m0/s1. The maximum atomic E-state index is 12.8. The molecule has 1 heterocycles. The molecule has 3 rings (SSSR count). The molecule has 1 aromatic heterocycles. The van der Waals surface area contributed by atoms with Crippen LogP contribution in [0.3, 0.4) is 0 Å². The number of carbonyl (C=O) groups is 1. The Morgan fingerprint density at radius 2 is 2.17 bits per heavy atom. The summed E-state index contributed by atoms with van der Waals surface area (Å²) >= 11 is 0. The Labute approximate surface area is 135 Å². The van der Waals surface area contributed by atoms with Gasteiger partial charge in [0, 0.05) is 18.2 Å². The Morgan fingerprint density at radius 1 is 1.43 bits per heavy atom. The number of rotatable bonds is 6. The van der Waals surface area contributed by atoms with Gasteiger partial charge in [0.2, 0.25) is 0 Å². The predicted molar refractivity (Wildman–Crippen MR) is 84.8 cm³/mol. The van der Waals surface area contributed by atoms with Gasteiger partial charge in [0.05, 0.1) is 30.6 Å². The monoisotopic (exact) mass is 309 g/mol. The van der Waals surface area contributed by atoms with Crippen molar-refractivity contribution in [3.05, 3.63) is 42.2 Å². The number of carbonyl (C=O) groups excluding carboxylic acids is 1. The molecule has 0 bridgehead atoms. The van der Waals surface area contributed by atoms with Crippen LogP contribution in [0.1, 0.15) is 36.5 Å². The molecule has 1 amide bonds. The van der Waals surface area contributed by atoms with Crippen molar-refractivity contribution in [2.24, 2.45) is 5.92 Å². The van der Waals surface area contributed by atoms with Crippen LogP contribution in [0, 0.1) is 17.2 Å². The molecule has 6 heteroatoms. The van der Waals surface area contributed by atoms with E-state index in [-0.39, 0.29) is 11.9 Å². The normalized spacial score (nSPS) is 15.0. The van der Waals surface area contributed by atoms with Gasteiger partial charge in [-0.1, -0.05) is 5.21 Å². The zero-order valence-electron chi connectivity index (χ0n) is 13.1. The lowest BCUT2D eigenvalue weighted by Gasteiger charge is -2.29. The van der Waals surface area contributed by atoms with Crippen LogP contribution in [-0.4, -0.2) is 38.4 Å². The van der Waals surface area contributed by atoms with E-state index in [2.05, 4.69) is 23.3 Å². The van der Waals surface area contributed by atoms with Gasteiger partial charge in [-0.15, -0.1) is 5.10 Å². The van der Waals surface area contributed by atoms with Crippen LogP contribution in [0.5, 0.6) is 0 Å². The van der Waals surface area contributed by atoms with Crippen LogP contribution < -0.4 is 0 Å². The van der Waals surface area contributed by atoms with Crippen LogP contribution >= 0.6 is 0 Å². The van der Waals surface area contributed by atoms with Crippen molar-refractivity contribution < 1.29 is 4.79 Å². The molecule has 1 saturated carbocycles. The molecule has 0 unspecified atom stereocenters. The summed E-state index contributed by atoms with van der Waals surface area (Å²) in [6.45, 7) is 2.56. The maximum Gasteiger partial charge on any atom is 0.254 e. The highest BCUT2D eigenvalue weighted by atomic mass is 16.2. The van der Waals surface area contributed by atoms with Crippen molar-refractivity contribution in [1.82, 2.24) is 19.9 Å². The van der Waals surface area contributed by atoms with E-state index < -0.39 is 0 Å². The van der Waals surface area contributed by atoms with Crippen molar-refractivity contribution in [3.63, 3.8) is 0 Å². The van der Waals surface area contributed by atoms with Gasteiger partial charge in [-0.3, -0.25) is 4.79 Å².